The van der Waals surface area contributed by atoms with Crippen LogP contribution in [0.5, 0.6) is 5.75 Å². The molecule has 0 saturated carbocycles. The molecule has 0 unspecified atom stereocenters. The highest BCUT2D eigenvalue weighted by molar-refractivity contribution is 5.44. The van der Waals surface area contributed by atoms with Crippen LogP contribution in [0.3, 0.4) is 0 Å². The molecule has 0 spiro atoms. The first-order chi connectivity index (χ1) is 11.2. The van der Waals surface area contributed by atoms with Gasteiger partial charge in [-0.05, 0) is 55.3 Å². The van der Waals surface area contributed by atoms with Gasteiger partial charge in [-0.25, -0.2) is 0 Å². The monoisotopic (exact) mass is 333 g/mol. The summed E-state index contributed by atoms with van der Waals surface area (Å²) in [5, 5.41) is 0. The van der Waals surface area contributed by atoms with Gasteiger partial charge in [-0.3, -0.25) is 0 Å². The van der Waals surface area contributed by atoms with Crippen molar-refractivity contribution >= 4 is 0 Å². The molecule has 0 atom stereocenters. The zero-order valence-corrected chi connectivity index (χ0v) is 17.3. The van der Waals surface area contributed by atoms with Crippen LogP contribution in [0.15, 0.2) is 18.2 Å². The predicted molar refractivity (Wildman–Crippen MR) is 106 cm³/mol. The maximum absolute atomic E-state index is 6.19. The van der Waals surface area contributed by atoms with Crippen LogP contribution in [0, 0.1) is 0 Å². The highest BCUT2D eigenvalue weighted by Gasteiger charge is 2.26. The molecular weight excluding hydrogens is 294 g/mol. The summed E-state index contributed by atoms with van der Waals surface area (Å²) in [6.45, 7) is 19.0. The number of nitrogens with zero attached hydrogens (tertiary/aromatic N) is 1. The van der Waals surface area contributed by atoms with Gasteiger partial charge in [0.2, 0.25) is 0 Å². The number of hydrogen-bond donors (Lipinski definition) is 0. The fourth-order valence-corrected chi connectivity index (χ4v) is 2.67. The molecule has 1 aromatic rings. The van der Waals surface area contributed by atoms with E-state index in [-0.39, 0.29) is 10.8 Å². The average molecular weight is 334 g/mol. The third-order valence-electron chi connectivity index (χ3n) is 5.74. The van der Waals surface area contributed by atoms with Gasteiger partial charge >= 0.3 is 0 Å². The van der Waals surface area contributed by atoms with Crippen molar-refractivity contribution in [2.24, 2.45) is 0 Å². The third-order valence-corrected chi connectivity index (χ3v) is 5.74. The van der Waals surface area contributed by atoms with Crippen LogP contribution in [0.2, 0.25) is 0 Å². The maximum Gasteiger partial charge on any atom is 0.123 e. The Hall–Kier alpha value is -1.02. The molecule has 0 aliphatic carbocycles. The van der Waals surface area contributed by atoms with Gasteiger partial charge in [-0.2, -0.15) is 0 Å². The van der Waals surface area contributed by atoms with E-state index in [4.69, 9.17) is 4.74 Å². The van der Waals surface area contributed by atoms with Gasteiger partial charge in [-0.15, -0.1) is 0 Å². The van der Waals surface area contributed by atoms with Crippen molar-refractivity contribution in [3.63, 3.8) is 0 Å². The Bertz CT molecular complexity index is 505. The van der Waals surface area contributed by atoms with Crippen LogP contribution < -0.4 is 4.74 Å². The minimum absolute atomic E-state index is 0.134. The van der Waals surface area contributed by atoms with E-state index in [0.717, 1.165) is 44.7 Å². The molecule has 1 rings (SSSR count). The molecule has 0 amide bonds. The molecule has 24 heavy (non-hydrogen) atoms. The Morgan fingerprint density at radius 3 is 2.12 bits per heavy atom. The zero-order valence-electron chi connectivity index (χ0n) is 17.3. The summed E-state index contributed by atoms with van der Waals surface area (Å²) >= 11 is 0. The summed E-state index contributed by atoms with van der Waals surface area (Å²) in [6, 6.07) is 6.84. The lowest BCUT2D eigenvalue weighted by Gasteiger charge is -2.30. The second-order valence-corrected chi connectivity index (χ2v) is 8.28. The molecule has 138 valence electrons. The van der Waals surface area contributed by atoms with Crippen LogP contribution in [-0.2, 0) is 10.8 Å². The number of rotatable bonds is 10. The van der Waals surface area contributed by atoms with Gasteiger partial charge < -0.3 is 9.64 Å². The summed E-state index contributed by atoms with van der Waals surface area (Å²) in [5.41, 5.74) is 3.11. The molecule has 0 aliphatic rings. The number of hydrogen-bond acceptors (Lipinski definition) is 2. The lowest BCUT2D eigenvalue weighted by Crippen LogP contribution is -2.22. The van der Waals surface area contributed by atoms with Gasteiger partial charge in [-0.1, -0.05) is 60.6 Å². The fraction of sp³-hybridized carbons (Fsp3) is 0.727. The van der Waals surface area contributed by atoms with Crippen LogP contribution in [0.1, 0.15) is 78.9 Å². The van der Waals surface area contributed by atoms with Crippen molar-refractivity contribution in [2.45, 2.75) is 78.6 Å². The smallest absolute Gasteiger partial charge is 0.123 e. The van der Waals surface area contributed by atoms with Crippen molar-refractivity contribution < 1.29 is 4.74 Å². The first-order valence-corrected chi connectivity index (χ1v) is 9.64. The van der Waals surface area contributed by atoms with Crippen molar-refractivity contribution in [3.05, 3.63) is 29.3 Å². The van der Waals surface area contributed by atoms with E-state index in [9.17, 15) is 0 Å². The molecule has 0 aliphatic heterocycles. The largest absolute Gasteiger partial charge is 0.493 e. The minimum atomic E-state index is 0.134. The molecule has 2 nitrogen and oxygen atoms in total. The molecule has 0 saturated heterocycles. The fourth-order valence-electron chi connectivity index (χ4n) is 2.67. The second-order valence-electron chi connectivity index (χ2n) is 8.28. The summed E-state index contributed by atoms with van der Waals surface area (Å²) in [5.74, 6) is 1.07. The SMILES string of the molecule is CCN(C)CCCOc1ccc(C(C)(C)CC)cc1C(C)(C)CC. The molecule has 0 N–H and O–H groups in total. The van der Waals surface area contributed by atoms with E-state index in [0.29, 0.717) is 0 Å². The van der Waals surface area contributed by atoms with E-state index in [1.165, 1.54) is 11.1 Å². The lowest BCUT2D eigenvalue weighted by molar-refractivity contribution is 0.263. The van der Waals surface area contributed by atoms with Gasteiger partial charge in [0, 0.05) is 12.1 Å². The Labute approximate surface area is 150 Å². The molecule has 0 radical (unpaired) electrons. The van der Waals surface area contributed by atoms with Crippen molar-refractivity contribution in [1.29, 1.82) is 0 Å². The Kier molecular flexibility index (Phi) is 7.79. The third kappa shape index (κ3) is 5.51. The predicted octanol–water partition coefficient (Wildman–Crippen LogP) is 5.78. The zero-order chi connectivity index (χ0) is 18.4. The van der Waals surface area contributed by atoms with Crippen molar-refractivity contribution in [1.82, 2.24) is 4.90 Å². The summed E-state index contributed by atoms with van der Waals surface area (Å²) in [4.78, 5) is 2.33. The van der Waals surface area contributed by atoms with Crippen LogP contribution in [-0.4, -0.2) is 31.6 Å². The van der Waals surface area contributed by atoms with Gasteiger partial charge in [0.1, 0.15) is 5.75 Å². The van der Waals surface area contributed by atoms with E-state index in [1.807, 2.05) is 0 Å². The van der Waals surface area contributed by atoms with Crippen LogP contribution >= 0.6 is 0 Å². The van der Waals surface area contributed by atoms with Gasteiger partial charge in [0.05, 0.1) is 6.61 Å². The Morgan fingerprint density at radius 1 is 0.958 bits per heavy atom. The highest BCUT2D eigenvalue weighted by Crippen LogP contribution is 2.38. The van der Waals surface area contributed by atoms with Crippen LogP contribution in [0.25, 0.3) is 0 Å². The lowest BCUT2D eigenvalue weighted by atomic mass is 9.76. The first-order valence-electron chi connectivity index (χ1n) is 9.64. The molecule has 1 aromatic carbocycles. The molecule has 2 heteroatoms. The summed E-state index contributed by atoms with van der Waals surface area (Å²) < 4.78 is 6.19. The quantitative estimate of drug-likeness (QED) is 0.503. The van der Waals surface area contributed by atoms with Gasteiger partial charge in [0.25, 0.3) is 0 Å². The van der Waals surface area contributed by atoms with E-state index in [2.05, 4.69) is 78.6 Å². The van der Waals surface area contributed by atoms with Crippen molar-refractivity contribution in [2.75, 3.05) is 26.7 Å². The molecular formula is C22H39NO. The van der Waals surface area contributed by atoms with Crippen molar-refractivity contribution in [3.8, 4) is 5.75 Å². The summed E-state index contributed by atoms with van der Waals surface area (Å²) in [7, 11) is 2.16. The van der Waals surface area contributed by atoms with E-state index >= 15 is 0 Å². The van der Waals surface area contributed by atoms with E-state index < -0.39 is 0 Å². The minimum Gasteiger partial charge on any atom is -0.493 e. The number of benzene rings is 1. The first kappa shape index (κ1) is 21.0. The van der Waals surface area contributed by atoms with Crippen LogP contribution in [0.4, 0.5) is 0 Å². The Morgan fingerprint density at radius 2 is 1.58 bits per heavy atom. The molecule has 0 heterocycles. The molecule has 0 bridgehead atoms. The molecule has 0 fully saturated rings. The highest BCUT2D eigenvalue weighted by atomic mass is 16.5. The standard InChI is InChI=1S/C22H39NO/c1-9-21(4,5)18-13-14-20(19(17-18)22(6,7)10-2)24-16-12-15-23(8)11-3/h13-14,17H,9-12,15-16H2,1-8H3. The maximum atomic E-state index is 6.19. The normalized spacial score (nSPS) is 12.7. The second kappa shape index (κ2) is 8.89. The number of ether oxygens (including phenoxy) is 1. The average Bonchev–Trinajstić information content (AvgIpc) is 2.58. The van der Waals surface area contributed by atoms with Gasteiger partial charge in [0.15, 0.2) is 0 Å². The Balaban J connectivity index is 2.99. The topological polar surface area (TPSA) is 12.5 Å². The summed E-state index contributed by atoms with van der Waals surface area (Å²) in [6.07, 6.45) is 3.32. The molecule has 0 aromatic heterocycles. The van der Waals surface area contributed by atoms with E-state index in [1.54, 1.807) is 0 Å².